The lowest BCUT2D eigenvalue weighted by molar-refractivity contribution is 0.102. The summed E-state index contributed by atoms with van der Waals surface area (Å²) < 4.78 is 35.8. The third-order valence-corrected chi connectivity index (χ3v) is 7.26. The van der Waals surface area contributed by atoms with Crippen LogP contribution in [0.2, 0.25) is 0 Å². The number of hydrogen-bond acceptors (Lipinski definition) is 6. The Morgan fingerprint density at radius 2 is 1.67 bits per heavy atom. The molecule has 1 amide bonds. The zero-order chi connectivity index (χ0) is 19.0. The van der Waals surface area contributed by atoms with Gasteiger partial charge in [0.1, 0.15) is 0 Å². The summed E-state index contributed by atoms with van der Waals surface area (Å²) in [5.74, 6) is 0.662. The Bertz CT molecular complexity index is 980. The third-order valence-electron chi connectivity index (χ3n) is 4.98. The van der Waals surface area contributed by atoms with Gasteiger partial charge in [-0.25, -0.2) is 8.42 Å². The first-order chi connectivity index (χ1) is 12.9. The van der Waals surface area contributed by atoms with Gasteiger partial charge in [0.2, 0.25) is 6.79 Å². The molecule has 27 heavy (non-hydrogen) atoms. The van der Waals surface area contributed by atoms with Crippen LogP contribution in [0.3, 0.4) is 0 Å². The Balaban J connectivity index is 1.52. The predicted molar refractivity (Wildman–Crippen MR) is 101 cm³/mol. The molecule has 1 fully saturated rings. The number of ether oxygens (including phenoxy) is 2. The molecule has 7 nitrogen and oxygen atoms in total. The van der Waals surface area contributed by atoms with Crippen LogP contribution in [0, 0.1) is 0 Å². The molecule has 1 aliphatic heterocycles. The van der Waals surface area contributed by atoms with Gasteiger partial charge in [0, 0.05) is 17.7 Å². The molecule has 3 N–H and O–H groups in total. The topological polar surface area (TPSA) is 108 Å². The Kier molecular flexibility index (Phi) is 4.43. The van der Waals surface area contributed by atoms with Gasteiger partial charge < -0.3 is 20.5 Å². The van der Waals surface area contributed by atoms with Crippen LogP contribution in [0.15, 0.2) is 41.3 Å². The van der Waals surface area contributed by atoms with E-state index in [2.05, 4.69) is 5.32 Å². The van der Waals surface area contributed by atoms with Gasteiger partial charge in [0.05, 0.1) is 21.5 Å². The molecule has 0 atom stereocenters. The van der Waals surface area contributed by atoms with E-state index in [0.29, 0.717) is 41.3 Å². The fourth-order valence-electron chi connectivity index (χ4n) is 3.45. The summed E-state index contributed by atoms with van der Waals surface area (Å²) in [6.07, 6.45) is 3.30. The van der Waals surface area contributed by atoms with Gasteiger partial charge in [-0.05, 0) is 37.1 Å². The van der Waals surface area contributed by atoms with Crippen LogP contribution in [-0.4, -0.2) is 26.4 Å². The quantitative estimate of drug-likeness (QED) is 0.780. The number of nitrogen functional groups attached to an aromatic ring is 1. The van der Waals surface area contributed by atoms with E-state index in [0.717, 1.165) is 12.8 Å². The smallest absolute Gasteiger partial charge is 0.255 e. The first-order valence-electron chi connectivity index (χ1n) is 8.79. The Morgan fingerprint density at radius 3 is 2.33 bits per heavy atom. The maximum atomic E-state index is 12.6. The SMILES string of the molecule is Nc1cc2c(cc1NC(=O)c1ccc(S(=O)(=O)C3CCCC3)cc1)OCO2. The molecule has 0 unspecified atom stereocenters. The van der Waals surface area contributed by atoms with Crippen molar-refractivity contribution in [3.05, 3.63) is 42.0 Å². The Labute approximate surface area is 157 Å². The number of sulfone groups is 1. The zero-order valence-electron chi connectivity index (χ0n) is 14.6. The van der Waals surface area contributed by atoms with E-state index in [1.807, 2.05) is 0 Å². The fourth-order valence-corrected chi connectivity index (χ4v) is 5.30. The second-order valence-electron chi connectivity index (χ2n) is 6.72. The van der Waals surface area contributed by atoms with Crippen molar-refractivity contribution in [2.75, 3.05) is 17.8 Å². The molecule has 2 aromatic carbocycles. The molecule has 0 bridgehead atoms. The lowest BCUT2D eigenvalue weighted by atomic mass is 10.2. The monoisotopic (exact) mass is 388 g/mol. The number of nitrogens with two attached hydrogens (primary N) is 1. The normalized spacial score (nSPS) is 16.4. The van der Waals surface area contributed by atoms with Crippen LogP contribution in [0.25, 0.3) is 0 Å². The molecule has 2 aromatic rings. The van der Waals surface area contributed by atoms with Gasteiger partial charge in [-0.1, -0.05) is 12.8 Å². The van der Waals surface area contributed by atoms with Crippen LogP contribution in [-0.2, 0) is 9.84 Å². The Hall–Kier alpha value is -2.74. The van der Waals surface area contributed by atoms with Crippen molar-refractivity contribution in [2.24, 2.45) is 0 Å². The van der Waals surface area contributed by atoms with Crippen molar-refractivity contribution in [1.29, 1.82) is 0 Å². The van der Waals surface area contributed by atoms with Crippen molar-refractivity contribution < 1.29 is 22.7 Å². The molecular formula is C19H20N2O5S. The van der Waals surface area contributed by atoms with Crippen molar-refractivity contribution in [3.63, 3.8) is 0 Å². The van der Waals surface area contributed by atoms with E-state index < -0.39 is 9.84 Å². The minimum absolute atomic E-state index is 0.114. The average molecular weight is 388 g/mol. The molecule has 142 valence electrons. The van der Waals surface area contributed by atoms with Gasteiger partial charge in [-0.15, -0.1) is 0 Å². The molecule has 0 saturated heterocycles. The minimum Gasteiger partial charge on any atom is -0.454 e. The largest absolute Gasteiger partial charge is 0.454 e. The molecule has 1 aliphatic carbocycles. The summed E-state index contributed by atoms with van der Waals surface area (Å²) in [6.45, 7) is 0.114. The minimum atomic E-state index is -3.34. The highest BCUT2D eigenvalue weighted by Gasteiger charge is 2.30. The predicted octanol–water partition coefficient (Wildman–Crippen LogP) is 2.97. The zero-order valence-corrected chi connectivity index (χ0v) is 15.4. The van der Waals surface area contributed by atoms with Crippen molar-refractivity contribution in [1.82, 2.24) is 0 Å². The highest BCUT2D eigenvalue weighted by molar-refractivity contribution is 7.92. The molecular weight excluding hydrogens is 368 g/mol. The van der Waals surface area contributed by atoms with E-state index in [1.54, 1.807) is 12.1 Å². The number of fused-ring (bicyclic) bond motifs is 1. The van der Waals surface area contributed by atoms with E-state index in [9.17, 15) is 13.2 Å². The number of carbonyl (C=O) groups is 1. The average Bonchev–Trinajstić information content (AvgIpc) is 3.34. The number of nitrogens with one attached hydrogen (secondary N) is 1. The van der Waals surface area contributed by atoms with E-state index in [-0.39, 0.29) is 22.8 Å². The number of anilines is 2. The molecule has 0 radical (unpaired) electrons. The molecule has 1 heterocycles. The van der Waals surface area contributed by atoms with Gasteiger partial charge in [-0.2, -0.15) is 0 Å². The highest BCUT2D eigenvalue weighted by atomic mass is 32.2. The molecule has 0 aromatic heterocycles. The number of hydrogen-bond donors (Lipinski definition) is 2. The summed E-state index contributed by atoms with van der Waals surface area (Å²) in [6, 6.07) is 9.21. The van der Waals surface area contributed by atoms with Crippen LogP contribution in [0.5, 0.6) is 11.5 Å². The van der Waals surface area contributed by atoms with Gasteiger partial charge in [-0.3, -0.25) is 4.79 Å². The van der Waals surface area contributed by atoms with Crippen LogP contribution in [0.4, 0.5) is 11.4 Å². The third kappa shape index (κ3) is 3.32. The van der Waals surface area contributed by atoms with Crippen LogP contribution >= 0.6 is 0 Å². The lowest BCUT2D eigenvalue weighted by Crippen LogP contribution is -2.18. The standard InChI is InChI=1S/C19H20N2O5S/c20-15-9-17-18(26-11-25-17)10-16(15)21-19(22)12-5-7-14(8-6-12)27(23,24)13-3-1-2-4-13/h5-10,13H,1-4,11,20H2,(H,21,22). The van der Waals surface area contributed by atoms with Gasteiger partial charge in [0.15, 0.2) is 21.3 Å². The first-order valence-corrected chi connectivity index (χ1v) is 10.3. The second kappa shape index (κ2) is 6.77. The molecule has 4 rings (SSSR count). The summed E-state index contributed by atoms with van der Waals surface area (Å²) in [7, 11) is -3.34. The number of benzene rings is 2. The highest BCUT2D eigenvalue weighted by Crippen LogP contribution is 2.38. The maximum Gasteiger partial charge on any atom is 0.255 e. The molecule has 1 saturated carbocycles. The summed E-state index contributed by atoms with van der Waals surface area (Å²) in [5.41, 5.74) is 7.05. The van der Waals surface area contributed by atoms with Crippen LogP contribution in [0.1, 0.15) is 36.0 Å². The molecule has 8 heteroatoms. The summed E-state index contributed by atoms with van der Waals surface area (Å²) in [5, 5.41) is 2.41. The second-order valence-corrected chi connectivity index (χ2v) is 8.95. The maximum absolute atomic E-state index is 12.6. The lowest BCUT2D eigenvalue weighted by Gasteiger charge is -2.12. The van der Waals surface area contributed by atoms with Crippen molar-refractivity contribution in [2.45, 2.75) is 35.8 Å². The fraction of sp³-hybridized carbons (Fsp3) is 0.316. The van der Waals surface area contributed by atoms with Crippen molar-refractivity contribution in [3.8, 4) is 11.5 Å². The van der Waals surface area contributed by atoms with E-state index in [4.69, 9.17) is 15.2 Å². The van der Waals surface area contributed by atoms with Gasteiger partial charge >= 0.3 is 0 Å². The number of amides is 1. The number of carbonyl (C=O) groups excluding carboxylic acids is 1. The van der Waals surface area contributed by atoms with Crippen molar-refractivity contribution >= 4 is 27.1 Å². The number of rotatable bonds is 4. The Morgan fingerprint density at radius 1 is 1.04 bits per heavy atom. The first kappa shape index (κ1) is 17.7. The summed E-state index contributed by atoms with van der Waals surface area (Å²) >= 11 is 0. The van der Waals surface area contributed by atoms with Crippen LogP contribution < -0.4 is 20.5 Å². The molecule has 0 spiro atoms. The summed E-state index contributed by atoms with van der Waals surface area (Å²) in [4.78, 5) is 12.8. The molecule has 2 aliphatic rings. The van der Waals surface area contributed by atoms with Gasteiger partial charge in [0.25, 0.3) is 5.91 Å². The van der Waals surface area contributed by atoms with E-state index in [1.165, 1.54) is 24.3 Å². The van der Waals surface area contributed by atoms with E-state index >= 15 is 0 Å².